The van der Waals surface area contributed by atoms with Crippen LogP contribution in [0.15, 0.2) is 84.3 Å². The van der Waals surface area contributed by atoms with E-state index in [1.54, 1.807) is 19.9 Å². The number of hydrogen-bond acceptors (Lipinski definition) is 3. The van der Waals surface area contributed by atoms with E-state index in [-0.39, 0.29) is 5.56 Å². The Labute approximate surface area is 204 Å². The predicted octanol–water partition coefficient (Wildman–Crippen LogP) is 6.96. The van der Waals surface area contributed by atoms with Gasteiger partial charge >= 0.3 is 12.2 Å². The molecule has 0 aliphatic heterocycles. The Bertz CT molecular complexity index is 1100. The molecule has 5 nitrogen and oxygen atoms in total. The Balaban J connectivity index is 1.89. The van der Waals surface area contributed by atoms with Gasteiger partial charge in [0.25, 0.3) is 0 Å². The molecule has 0 aromatic heterocycles. The van der Waals surface area contributed by atoms with Gasteiger partial charge < -0.3 is 10.6 Å². The molecule has 0 atom stereocenters. The third-order valence-corrected chi connectivity index (χ3v) is 5.15. The number of anilines is 1. The fraction of sp³-hybridized carbons (Fsp3) is 0.259. The van der Waals surface area contributed by atoms with Crippen LogP contribution in [0.5, 0.6) is 0 Å². The van der Waals surface area contributed by atoms with Gasteiger partial charge in [-0.15, -0.1) is 0 Å². The number of aliphatic imine (C=N–C) groups is 1. The molecular weight excluding hydrogens is 453 g/mol. The summed E-state index contributed by atoms with van der Waals surface area (Å²) >= 11 is 0. The number of carbonyl (C=O) groups excluding carboxylic acids is 1. The summed E-state index contributed by atoms with van der Waals surface area (Å²) in [6, 6.07) is 13.1. The van der Waals surface area contributed by atoms with E-state index in [9.17, 15) is 18.0 Å². The molecule has 186 valence electrons. The number of carbonyl (C=O) groups is 1. The first-order chi connectivity index (χ1) is 16.5. The smallest absolute Gasteiger partial charge is 0.380 e. The van der Waals surface area contributed by atoms with Gasteiger partial charge in [0.05, 0.1) is 12.1 Å². The lowest BCUT2D eigenvalue weighted by Crippen LogP contribution is -2.28. The van der Waals surface area contributed by atoms with E-state index in [1.165, 1.54) is 24.3 Å². The topological polar surface area (TPSA) is 65.5 Å². The van der Waals surface area contributed by atoms with Gasteiger partial charge in [0, 0.05) is 17.9 Å². The number of urea groups is 1. The summed E-state index contributed by atoms with van der Waals surface area (Å²) < 4.78 is 37.4. The number of allylic oxidation sites excluding steroid dienone is 3. The molecule has 35 heavy (non-hydrogen) atoms. The maximum atomic E-state index is 12.5. The van der Waals surface area contributed by atoms with Crippen LogP contribution >= 0.6 is 0 Å². The largest absolute Gasteiger partial charge is 0.393 e. The lowest BCUT2D eigenvalue weighted by molar-refractivity contribution is -0.127. The maximum Gasteiger partial charge on any atom is 0.393 e. The van der Waals surface area contributed by atoms with Crippen molar-refractivity contribution in [2.75, 3.05) is 5.32 Å². The second-order valence-electron chi connectivity index (χ2n) is 7.93. The van der Waals surface area contributed by atoms with Crippen molar-refractivity contribution in [2.24, 2.45) is 4.99 Å². The number of amides is 2. The second kappa shape index (κ2) is 12.6. The molecule has 0 saturated carbocycles. The highest BCUT2D eigenvalue weighted by molar-refractivity contribution is 5.98. The fourth-order valence-electron chi connectivity index (χ4n) is 3.03. The van der Waals surface area contributed by atoms with Gasteiger partial charge in [-0.25, -0.2) is 9.79 Å². The molecule has 0 bridgehead atoms. The molecule has 2 aromatic carbocycles. The van der Waals surface area contributed by atoms with E-state index in [0.717, 1.165) is 23.1 Å². The molecule has 0 radical (unpaired) electrons. The van der Waals surface area contributed by atoms with Crippen molar-refractivity contribution < 1.29 is 18.0 Å². The minimum Gasteiger partial charge on any atom is -0.380 e. The highest BCUT2D eigenvalue weighted by Crippen LogP contribution is 2.22. The van der Waals surface area contributed by atoms with Crippen LogP contribution < -0.4 is 16.0 Å². The zero-order valence-corrected chi connectivity index (χ0v) is 20.2. The van der Waals surface area contributed by atoms with Crippen LogP contribution in [0.1, 0.15) is 43.9 Å². The van der Waals surface area contributed by atoms with Crippen LogP contribution in [0.25, 0.3) is 5.57 Å². The molecule has 2 amide bonds. The first-order valence-electron chi connectivity index (χ1n) is 11.2. The Morgan fingerprint density at radius 2 is 1.63 bits per heavy atom. The van der Waals surface area contributed by atoms with Crippen LogP contribution in [-0.2, 0) is 13.0 Å². The van der Waals surface area contributed by atoms with E-state index in [0.29, 0.717) is 29.5 Å². The van der Waals surface area contributed by atoms with E-state index in [4.69, 9.17) is 0 Å². The Kier molecular flexibility index (Phi) is 9.87. The normalized spacial score (nSPS) is 12.2. The van der Waals surface area contributed by atoms with Crippen LogP contribution in [0.4, 0.5) is 23.7 Å². The first kappa shape index (κ1) is 27.4. The van der Waals surface area contributed by atoms with Gasteiger partial charge in [0.2, 0.25) is 0 Å². The molecule has 8 heteroatoms. The lowest BCUT2D eigenvalue weighted by Gasteiger charge is -2.12. The van der Waals surface area contributed by atoms with Crippen LogP contribution in [0.2, 0.25) is 0 Å². The van der Waals surface area contributed by atoms with Crippen molar-refractivity contribution in [2.45, 2.75) is 46.3 Å². The highest BCUT2D eigenvalue weighted by atomic mass is 19.4. The quantitative estimate of drug-likeness (QED) is 0.319. The molecule has 0 fully saturated rings. The zero-order valence-electron chi connectivity index (χ0n) is 20.2. The van der Waals surface area contributed by atoms with E-state index in [2.05, 4.69) is 41.0 Å². The third kappa shape index (κ3) is 9.52. The van der Waals surface area contributed by atoms with Gasteiger partial charge in [-0.3, -0.25) is 5.32 Å². The van der Waals surface area contributed by atoms with Crippen LogP contribution in [-0.4, -0.2) is 17.9 Å². The molecule has 0 spiro atoms. The van der Waals surface area contributed by atoms with Gasteiger partial charge in [-0.1, -0.05) is 56.5 Å². The SMILES string of the molecule is C=C(NCc1ccc(C(=C)CC)cc1)/C(C)=N/C(=C\C)NC(=O)Nc1ccc(CC(F)(F)F)cc1. The number of rotatable bonds is 10. The standard InChI is InChI=1S/C27H31F3N4O/c1-6-18(3)23-12-8-22(9-13-23)17-31-19(4)20(5)32-25(7-2)34-26(35)33-24-14-10-21(11-15-24)16-27(28,29)30/h7-15,31H,3-4,6,16-17H2,1-2,5H3,(H2,33,34,35)/b25-7+,32-20+. The summed E-state index contributed by atoms with van der Waals surface area (Å²) in [5, 5.41) is 8.42. The minimum atomic E-state index is -4.28. The number of hydrogen-bond donors (Lipinski definition) is 3. The molecule has 0 heterocycles. The van der Waals surface area contributed by atoms with E-state index in [1.807, 2.05) is 24.3 Å². The number of alkyl halides is 3. The molecule has 0 aliphatic carbocycles. The fourth-order valence-corrected chi connectivity index (χ4v) is 3.03. The van der Waals surface area contributed by atoms with Crippen molar-refractivity contribution in [3.05, 3.63) is 96.0 Å². The van der Waals surface area contributed by atoms with E-state index >= 15 is 0 Å². The molecule has 0 unspecified atom stereocenters. The Hall–Kier alpha value is -3.81. The summed E-state index contributed by atoms with van der Waals surface area (Å²) in [4.78, 5) is 16.7. The number of halogens is 3. The summed E-state index contributed by atoms with van der Waals surface area (Å²) in [6.07, 6.45) is -2.77. The third-order valence-electron chi connectivity index (χ3n) is 5.15. The van der Waals surface area contributed by atoms with Crippen molar-refractivity contribution in [3.63, 3.8) is 0 Å². The van der Waals surface area contributed by atoms with Gasteiger partial charge in [-0.2, -0.15) is 13.2 Å². The molecule has 2 aromatic rings. The lowest BCUT2D eigenvalue weighted by atomic mass is 10.0. The van der Waals surface area contributed by atoms with Gasteiger partial charge in [0.15, 0.2) is 0 Å². The summed E-state index contributed by atoms with van der Waals surface area (Å²) in [6.45, 7) is 14.2. The van der Waals surface area contributed by atoms with Crippen LogP contribution in [0.3, 0.4) is 0 Å². The monoisotopic (exact) mass is 484 g/mol. The summed E-state index contributed by atoms with van der Waals surface area (Å²) in [7, 11) is 0. The van der Waals surface area contributed by atoms with Crippen molar-refractivity contribution in [1.29, 1.82) is 0 Å². The molecule has 3 N–H and O–H groups in total. The van der Waals surface area contributed by atoms with Crippen molar-refractivity contribution in [3.8, 4) is 0 Å². The zero-order chi connectivity index (χ0) is 26.0. The highest BCUT2D eigenvalue weighted by Gasteiger charge is 2.27. The van der Waals surface area contributed by atoms with Gasteiger partial charge in [-0.05, 0) is 60.7 Å². The minimum absolute atomic E-state index is 0.117. The first-order valence-corrected chi connectivity index (χ1v) is 11.2. The Morgan fingerprint density at radius 3 is 2.17 bits per heavy atom. The summed E-state index contributed by atoms with van der Waals surface area (Å²) in [5.74, 6) is 0.305. The van der Waals surface area contributed by atoms with Crippen LogP contribution in [0, 0.1) is 0 Å². The number of benzene rings is 2. The summed E-state index contributed by atoms with van der Waals surface area (Å²) in [5.41, 5.74) is 4.96. The average Bonchev–Trinajstić information content (AvgIpc) is 2.82. The average molecular weight is 485 g/mol. The van der Waals surface area contributed by atoms with Crippen molar-refractivity contribution in [1.82, 2.24) is 10.6 Å². The molecule has 0 saturated heterocycles. The van der Waals surface area contributed by atoms with Crippen molar-refractivity contribution >= 4 is 23.0 Å². The Morgan fingerprint density at radius 1 is 1.03 bits per heavy atom. The molecular formula is C27H31F3N4O. The number of nitrogens with one attached hydrogen (secondary N) is 3. The number of nitrogens with zero attached hydrogens (tertiary/aromatic N) is 1. The van der Waals surface area contributed by atoms with E-state index < -0.39 is 18.6 Å². The van der Waals surface area contributed by atoms with Gasteiger partial charge in [0.1, 0.15) is 5.82 Å². The predicted molar refractivity (Wildman–Crippen MR) is 137 cm³/mol. The maximum absolute atomic E-state index is 12.5. The second-order valence-corrected chi connectivity index (χ2v) is 7.93. The molecule has 0 aliphatic rings. The molecule has 2 rings (SSSR count).